The first-order chi connectivity index (χ1) is 9.46. The third-order valence-electron chi connectivity index (χ3n) is 3.20. The number of aromatic nitrogens is 1. The first kappa shape index (κ1) is 13.1. The van der Waals surface area contributed by atoms with Crippen molar-refractivity contribution in [3.05, 3.63) is 61.7 Å². The minimum atomic E-state index is -0.245. The van der Waals surface area contributed by atoms with Gasteiger partial charge in [0.15, 0.2) is 4.80 Å². The monoisotopic (exact) mass is 284 g/mol. The minimum Gasteiger partial charge on any atom is -0.267 e. The molecule has 4 heteroatoms. The topological polar surface area (TPSA) is 34.4 Å². The number of thiazole rings is 1. The van der Waals surface area contributed by atoms with E-state index in [1.165, 1.54) is 11.3 Å². The second-order valence-electron chi connectivity index (χ2n) is 5.50. The van der Waals surface area contributed by atoms with Gasteiger partial charge in [-0.2, -0.15) is 0 Å². The van der Waals surface area contributed by atoms with Gasteiger partial charge in [0.05, 0.1) is 10.1 Å². The molecular weight excluding hydrogens is 268 g/mol. The predicted molar refractivity (Wildman–Crippen MR) is 83.4 cm³/mol. The second-order valence-corrected chi connectivity index (χ2v) is 6.50. The Hall–Kier alpha value is -1.94. The summed E-state index contributed by atoms with van der Waals surface area (Å²) in [6, 6.07) is 9.89. The van der Waals surface area contributed by atoms with E-state index in [4.69, 9.17) is 0 Å². The molecule has 0 fully saturated rings. The summed E-state index contributed by atoms with van der Waals surface area (Å²) in [6.45, 7) is 6.05. The summed E-state index contributed by atoms with van der Waals surface area (Å²) >= 11 is 1.45. The van der Waals surface area contributed by atoms with Crippen LogP contribution in [0.4, 0.5) is 0 Å². The molecule has 3 rings (SSSR count). The highest BCUT2D eigenvalue weighted by molar-refractivity contribution is 7.07. The van der Waals surface area contributed by atoms with Gasteiger partial charge in [-0.15, -0.1) is 0 Å². The first-order valence-corrected chi connectivity index (χ1v) is 7.36. The van der Waals surface area contributed by atoms with Gasteiger partial charge in [0.25, 0.3) is 5.56 Å². The second kappa shape index (κ2) is 4.56. The van der Waals surface area contributed by atoms with Gasteiger partial charge in [-0.05, 0) is 38.5 Å². The summed E-state index contributed by atoms with van der Waals surface area (Å²) in [6.07, 6.45) is 3.95. The van der Waals surface area contributed by atoms with Crippen molar-refractivity contribution >= 4 is 23.1 Å². The predicted octanol–water partition coefficient (Wildman–Crippen LogP) is 2.01. The van der Waals surface area contributed by atoms with E-state index in [1.807, 2.05) is 63.3 Å². The van der Waals surface area contributed by atoms with Crippen molar-refractivity contribution in [1.29, 1.82) is 0 Å². The molecule has 102 valence electrons. The summed E-state index contributed by atoms with van der Waals surface area (Å²) in [7, 11) is 0. The third-order valence-corrected chi connectivity index (χ3v) is 4.17. The number of allylic oxidation sites excluding steroid dienone is 1. The van der Waals surface area contributed by atoms with E-state index >= 15 is 0 Å². The van der Waals surface area contributed by atoms with Crippen molar-refractivity contribution < 1.29 is 0 Å². The highest BCUT2D eigenvalue weighted by atomic mass is 32.1. The highest BCUT2D eigenvalue weighted by Crippen LogP contribution is 2.17. The fourth-order valence-corrected chi connectivity index (χ4v) is 3.58. The van der Waals surface area contributed by atoms with E-state index in [0.29, 0.717) is 0 Å². The van der Waals surface area contributed by atoms with Crippen molar-refractivity contribution in [3.63, 3.8) is 0 Å². The van der Waals surface area contributed by atoms with Gasteiger partial charge < -0.3 is 0 Å². The van der Waals surface area contributed by atoms with Crippen LogP contribution in [-0.4, -0.2) is 10.1 Å². The third kappa shape index (κ3) is 2.27. The molecule has 0 spiro atoms. The van der Waals surface area contributed by atoms with Crippen LogP contribution in [0.3, 0.4) is 0 Å². The van der Waals surface area contributed by atoms with Gasteiger partial charge in [-0.3, -0.25) is 9.36 Å². The highest BCUT2D eigenvalue weighted by Gasteiger charge is 2.20. The molecule has 3 nitrogen and oxygen atoms in total. The van der Waals surface area contributed by atoms with Crippen molar-refractivity contribution in [2.75, 3.05) is 0 Å². The lowest BCUT2D eigenvalue weighted by Gasteiger charge is -2.20. The molecule has 1 aromatic carbocycles. The van der Waals surface area contributed by atoms with Gasteiger partial charge in [-0.25, -0.2) is 4.99 Å². The summed E-state index contributed by atoms with van der Waals surface area (Å²) < 4.78 is 2.42. The zero-order valence-corrected chi connectivity index (χ0v) is 12.6. The van der Waals surface area contributed by atoms with E-state index in [-0.39, 0.29) is 11.1 Å². The lowest BCUT2D eigenvalue weighted by Crippen LogP contribution is -2.35. The molecule has 20 heavy (non-hydrogen) atoms. The van der Waals surface area contributed by atoms with Crippen LogP contribution in [0.5, 0.6) is 0 Å². The molecule has 0 unspecified atom stereocenters. The van der Waals surface area contributed by atoms with Gasteiger partial charge in [0, 0.05) is 5.70 Å². The molecule has 2 heterocycles. The van der Waals surface area contributed by atoms with Gasteiger partial charge in [-0.1, -0.05) is 41.7 Å². The Morgan fingerprint density at radius 3 is 2.65 bits per heavy atom. The minimum absolute atomic E-state index is 0.0156. The van der Waals surface area contributed by atoms with Crippen molar-refractivity contribution in [3.8, 4) is 0 Å². The Morgan fingerprint density at radius 2 is 1.95 bits per heavy atom. The summed E-state index contributed by atoms with van der Waals surface area (Å²) in [5.41, 5.74) is 1.76. The fraction of sp³-hybridized carbons (Fsp3) is 0.250. The van der Waals surface area contributed by atoms with Crippen LogP contribution in [0.15, 0.2) is 46.2 Å². The van der Waals surface area contributed by atoms with Crippen LogP contribution in [0, 0.1) is 0 Å². The molecule has 0 aliphatic carbocycles. The maximum absolute atomic E-state index is 12.5. The van der Waals surface area contributed by atoms with Crippen LogP contribution in [0.25, 0.3) is 11.8 Å². The average Bonchev–Trinajstić information content (AvgIpc) is 2.65. The summed E-state index contributed by atoms with van der Waals surface area (Å²) in [5, 5.41) is 0. The molecular formula is C16H16N2OS. The Morgan fingerprint density at radius 1 is 1.25 bits per heavy atom. The molecule has 0 N–H and O–H groups in total. The first-order valence-electron chi connectivity index (χ1n) is 6.55. The number of rotatable bonds is 1. The lowest BCUT2D eigenvalue weighted by molar-refractivity contribution is 0.611. The van der Waals surface area contributed by atoms with Crippen LogP contribution >= 0.6 is 11.3 Å². The smallest absolute Gasteiger partial charge is 0.267 e. The SMILES string of the molecule is CC1=CC(C)(C)N=c2s/c(=C\c3ccccc3)c(=O)n21. The molecule has 0 saturated heterocycles. The van der Waals surface area contributed by atoms with Crippen molar-refractivity contribution in [2.24, 2.45) is 4.99 Å². The number of hydrogen-bond donors (Lipinski definition) is 0. The van der Waals surface area contributed by atoms with E-state index in [0.717, 1.165) is 20.6 Å². The molecule has 1 aliphatic heterocycles. The number of nitrogens with zero attached hydrogens (tertiary/aromatic N) is 2. The quantitative estimate of drug-likeness (QED) is 0.789. The maximum atomic E-state index is 12.5. The van der Waals surface area contributed by atoms with Crippen molar-refractivity contribution in [2.45, 2.75) is 26.3 Å². The van der Waals surface area contributed by atoms with Crippen LogP contribution in [0.2, 0.25) is 0 Å². The molecule has 1 aliphatic rings. The molecule has 0 amide bonds. The number of benzene rings is 1. The zero-order valence-electron chi connectivity index (χ0n) is 11.8. The number of hydrogen-bond acceptors (Lipinski definition) is 3. The van der Waals surface area contributed by atoms with Crippen molar-refractivity contribution in [1.82, 2.24) is 4.57 Å². The zero-order chi connectivity index (χ0) is 14.3. The standard InChI is InChI=1S/C16H16N2OS/c1-11-10-16(2,3)17-15-18(11)14(19)13(20-15)9-12-7-5-4-6-8-12/h4-10H,1-3H3/b13-9-. The average molecular weight is 284 g/mol. The Bertz CT molecular complexity index is 854. The van der Waals surface area contributed by atoms with Crippen LogP contribution < -0.4 is 14.9 Å². The molecule has 0 atom stereocenters. The van der Waals surface area contributed by atoms with E-state index < -0.39 is 0 Å². The largest absolute Gasteiger partial charge is 0.274 e. The van der Waals surface area contributed by atoms with E-state index in [1.54, 1.807) is 4.57 Å². The molecule has 2 aromatic rings. The Balaban J connectivity index is 2.27. The molecule has 1 aromatic heterocycles. The summed E-state index contributed by atoms with van der Waals surface area (Å²) in [5.74, 6) is 0. The van der Waals surface area contributed by atoms with E-state index in [9.17, 15) is 4.79 Å². The van der Waals surface area contributed by atoms with Gasteiger partial charge in [0.1, 0.15) is 0 Å². The molecule has 0 radical (unpaired) electrons. The van der Waals surface area contributed by atoms with Gasteiger partial charge in [0.2, 0.25) is 0 Å². The molecule has 0 bridgehead atoms. The van der Waals surface area contributed by atoms with E-state index in [2.05, 4.69) is 4.99 Å². The molecule has 0 saturated carbocycles. The number of fused-ring (bicyclic) bond motifs is 1. The Labute approximate surface area is 121 Å². The Kier molecular flexibility index (Phi) is 2.98. The summed E-state index contributed by atoms with van der Waals surface area (Å²) in [4.78, 5) is 17.9. The van der Waals surface area contributed by atoms with Gasteiger partial charge >= 0.3 is 0 Å². The van der Waals surface area contributed by atoms with Crippen LogP contribution in [-0.2, 0) is 0 Å². The maximum Gasteiger partial charge on any atom is 0.274 e. The van der Waals surface area contributed by atoms with Crippen LogP contribution in [0.1, 0.15) is 26.3 Å². The fourth-order valence-electron chi connectivity index (χ4n) is 2.41. The normalized spacial score (nSPS) is 17.4. The lowest BCUT2D eigenvalue weighted by atomic mass is 10.0.